The minimum Gasteiger partial charge on any atom is -0.496 e. The van der Waals surface area contributed by atoms with E-state index in [9.17, 15) is 14.7 Å². The van der Waals surface area contributed by atoms with Crippen molar-refractivity contribution in [2.45, 2.75) is 59.3 Å². The van der Waals surface area contributed by atoms with Gasteiger partial charge >= 0.3 is 5.97 Å². The Balaban J connectivity index is 2.12. The summed E-state index contributed by atoms with van der Waals surface area (Å²) in [6, 6.07) is 10.8. The molecule has 32 heavy (non-hydrogen) atoms. The van der Waals surface area contributed by atoms with Gasteiger partial charge in [-0.25, -0.2) is 4.79 Å². The highest BCUT2D eigenvalue weighted by atomic mass is 16.5. The van der Waals surface area contributed by atoms with E-state index in [1.165, 1.54) is 0 Å². The zero-order valence-corrected chi connectivity index (χ0v) is 19.4. The predicted octanol–water partition coefficient (Wildman–Crippen LogP) is 4.14. The molecule has 0 bridgehead atoms. The van der Waals surface area contributed by atoms with E-state index in [1.54, 1.807) is 39.2 Å². The Labute approximate surface area is 189 Å². The number of amides is 1. The van der Waals surface area contributed by atoms with Gasteiger partial charge in [0.2, 0.25) is 0 Å². The maximum absolute atomic E-state index is 12.7. The summed E-state index contributed by atoms with van der Waals surface area (Å²) in [5.41, 5.74) is 2.94. The molecule has 174 valence electrons. The maximum atomic E-state index is 12.7. The van der Waals surface area contributed by atoms with Crippen molar-refractivity contribution in [2.24, 2.45) is 0 Å². The van der Waals surface area contributed by atoms with Gasteiger partial charge in [0.25, 0.3) is 5.91 Å². The van der Waals surface area contributed by atoms with Gasteiger partial charge in [-0.15, -0.1) is 0 Å². The van der Waals surface area contributed by atoms with Gasteiger partial charge in [-0.05, 0) is 62.6 Å². The Bertz CT molecular complexity index is 925. The third-order valence-corrected chi connectivity index (χ3v) is 4.83. The molecular weight excluding hydrogens is 410 g/mol. The number of hydrogen-bond acceptors (Lipinski definition) is 5. The van der Waals surface area contributed by atoms with Gasteiger partial charge in [0.05, 0.1) is 19.8 Å². The molecule has 2 aromatic rings. The number of carboxylic acids is 1. The number of aryl methyl sites for hydroxylation is 1. The summed E-state index contributed by atoms with van der Waals surface area (Å²) in [6.07, 6.45) is -0.00694. The average Bonchev–Trinajstić information content (AvgIpc) is 2.75. The average molecular weight is 444 g/mol. The summed E-state index contributed by atoms with van der Waals surface area (Å²) in [6.45, 7) is 8.38. The Kier molecular flexibility index (Phi) is 9.53. The van der Waals surface area contributed by atoms with Gasteiger partial charge in [0.1, 0.15) is 11.5 Å². The van der Waals surface area contributed by atoms with Gasteiger partial charge in [-0.2, -0.15) is 0 Å². The first-order chi connectivity index (χ1) is 15.2. The summed E-state index contributed by atoms with van der Waals surface area (Å²) >= 11 is 0. The summed E-state index contributed by atoms with van der Waals surface area (Å²) in [5, 5.41) is 12.4. The second-order valence-electron chi connectivity index (χ2n) is 7.87. The first-order valence-corrected chi connectivity index (χ1v) is 10.8. The van der Waals surface area contributed by atoms with E-state index in [4.69, 9.17) is 14.2 Å². The van der Waals surface area contributed by atoms with Crippen LogP contribution in [0, 0.1) is 6.92 Å². The van der Waals surface area contributed by atoms with Crippen molar-refractivity contribution in [3.63, 3.8) is 0 Å². The first kappa shape index (κ1) is 25.2. The molecule has 0 aliphatic heterocycles. The fourth-order valence-corrected chi connectivity index (χ4v) is 3.30. The van der Waals surface area contributed by atoms with E-state index in [0.29, 0.717) is 17.9 Å². The molecule has 2 N–H and O–H groups in total. The third kappa shape index (κ3) is 7.27. The minimum absolute atomic E-state index is 0.199. The number of carbonyl (C=O) groups excluding carboxylic acids is 1. The van der Waals surface area contributed by atoms with Crippen LogP contribution in [0.3, 0.4) is 0 Å². The fourth-order valence-electron chi connectivity index (χ4n) is 3.30. The zero-order chi connectivity index (χ0) is 23.7. The van der Waals surface area contributed by atoms with Crippen molar-refractivity contribution in [1.82, 2.24) is 5.32 Å². The Morgan fingerprint density at radius 3 is 2.47 bits per heavy atom. The molecule has 7 heteroatoms. The molecule has 0 fully saturated rings. The van der Waals surface area contributed by atoms with Crippen LogP contribution < -0.4 is 14.8 Å². The third-order valence-electron chi connectivity index (χ3n) is 4.83. The topological polar surface area (TPSA) is 94.1 Å². The molecule has 2 aromatic carbocycles. The lowest BCUT2D eigenvalue weighted by Crippen LogP contribution is -2.29. The van der Waals surface area contributed by atoms with E-state index < -0.39 is 12.1 Å². The second-order valence-corrected chi connectivity index (χ2v) is 7.87. The summed E-state index contributed by atoms with van der Waals surface area (Å²) < 4.78 is 16.5. The molecule has 0 saturated heterocycles. The Hall–Kier alpha value is -3.06. The second kappa shape index (κ2) is 12.1. The van der Waals surface area contributed by atoms with Crippen LogP contribution in [0.2, 0.25) is 0 Å². The van der Waals surface area contributed by atoms with Gasteiger partial charge in [0, 0.05) is 24.1 Å². The smallest absolute Gasteiger partial charge is 0.333 e. The first-order valence-electron chi connectivity index (χ1n) is 10.8. The van der Waals surface area contributed by atoms with Gasteiger partial charge in [-0.1, -0.05) is 19.1 Å². The molecule has 2 rings (SSSR count). The summed E-state index contributed by atoms with van der Waals surface area (Å²) in [7, 11) is 1.56. The van der Waals surface area contributed by atoms with E-state index >= 15 is 0 Å². The Morgan fingerprint density at radius 2 is 1.88 bits per heavy atom. The SMILES string of the molecule is CCCOc1ccc(C(=O)NCc2cc(CC(OC(C)C)C(=O)O)ccc2OC)c(C)c1. The van der Waals surface area contributed by atoms with Crippen LogP contribution in [0.1, 0.15) is 54.2 Å². The van der Waals surface area contributed by atoms with Crippen molar-refractivity contribution in [1.29, 1.82) is 0 Å². The molecule has 0 spiro atoms. The monoisotopic (exact) mass is 443 g/mol. The van der Waals surface area contributed by atoms with Crippen LogP contribution in [0.25, 0.3) is 0 Å². The highest BCUT2D eigenvalue weighted by Crippen LogP contribution is 2.22. The highest BCUT2D eigenvalue weighted by molar-refractivity contribution is 5.95. The lowest BCUT2D eigenvalue weighted by Gasteiger charge is -2.18. The van der Waals surface area contributed by atoms with Crippen LogP contribution >= 0.6 is 0 Å². The zero-order valence-electron chi connectivity index (χ0n) is 19.4. The number of ether oxygens (including phenoxy) is 3. The minimum atomic E-state index is -1.01. The normalized spacial score (nSPS) is 11.8. The molecule has 0 heterocycles. The van der Waals surface area contributed by atoms with E-state index in [-0.39, 0.29) is 25.0 Å². The van der Waals surface area contributed by atoms with Crippen molar-refractivity contribution in [3.8, 4) is 11.5 Å². The van der Waals surface area contributed by atoms with Crippen LogP contribution in [-0.4, -0.2) is 42.9 Å². The molecule has 1 unspecified atom stereocenters. The predicted molar refractivity (Wildman–Crippen MR) is 122 cm³/mol. The number of methoxy groups -OCH3 is 1. The molecular formula is C25H33NO6. The number of carbonyl (C=O) groups is 2. The van der Waals surface area contributed by atoms with Gasteiger partial charge in [-0.3, -0.25) is 4.79 Å². The number of rotatable bonds is 12. The molecule has 1 atom stereocenters. The molecule has 0 aromatic heterocycles. The summed E-state index contributed by atoms with van der Waals surface area (Å²) in [5.74, 6) is 0.146. The van der Waals surface area contributed by atoms with Crippen LogP contribution in [0.4, 0.5) is 0 Å². The summed E-state index contributed by atoms with van der Waals surface area (Å²) in [4.78, 5) is 24.3. The molecule has 0 aliphatic rings. The lowest BCUT2D eigenvalue weighted by molar-refractivity contribution is -0.153. The molecule has 7 nitrogen and oxygen atoms in total. The van der Waals surface area contributed by atoms with Crippen molar-refractivity contribution >= 4 is 11.9 Å². The molecule has 1 amide bonds. The number of aliphatic carboxylic acids is 1. The van der Waals surface area contributed by atoms with Crippen molar-refractivity contribution < 1.29 is 28.9 Å². The van der Waals surface area contributed by atoms with Gasteiger partial charge in [0.15, 0.2) is 6.10 Å². The molecule has 0 saturated carbocycles. The Morgan fingerprint density at radius 1 is 1.12 bits per heavy atom. The van der Waals surface area contributed by atoms with E-state index in [1.807, 2.05) is 32.0 Å². The number of hydrogen-bond donors (Lipinski definition) is 2. The van der Waals surface area contributed by atoms with Crippen molar-refractivity contribution in [2.75, 3.05) is 13.7 Å². The molecule has 0 radical (unpaired) electrons. The number of benzene rings is 2. The standard InChI is InChI=1S/C25H33NO6/c1-6-11-31-20-8-9-21(17(4)12-20)24(27)26-15-19-13-18(7-10-22(19)30-5)14-23(25(28)29)32-16(2)3/h7-10,12-13,16,23H,6,11,14-15H2,1-5H3,(H,26,27)(H,28,29). The van der Waals surface area contributed by atoms with Crippen LogP contribution in [-0.2, 0) is 22.5 Å². The van der Waals surface area contributed by atoms with E-state index in [2.05, 4.69) is 5.32 Å². The fraction of sp³-hybridized carbons (Fsp3) is 0.440. The number of nitrogens with one attached hydrogen (secondary N) is 1. The number of carboxylic acid groups (broad SMARTS) is 1. The van der Waals surface area contributed by atoms with Gasteiger partial charge < -0.3 is 24.6 Å². The van der Waals surface area contributed by atoms with Crippen LogP contribution in [0.15, 0.2) is 36.4 Å². The lowest BCUT2D eigenvalue weighted by atomic mass is 10.0. The van der Waals surface area contributed by atoms with Crippen molar-refractivity contribution in [3.05, 3.63) is 58.7 Å². The molecule has 0 aliphatic carbocycles. The quantitative estimate of drug-likeness (QED) is 0.512. The highest BCUT2D eigenvalue weighted by Gasteiger charge is 2.21. The van der Waals surface area contributed by atoms with E-state index in [0.717, 1.165) is 28.9 Å². The maximum Gasteiger partial charge on any atom is 0.333 e. The largest absolute Gasteiger partial charge is 0.496 e. The van der Waals surface area contributed by atoms with Crippen LogP contribution in [0.5, 0.6) is 11.5 Å².